The predicted molar refractivity (Wildman–Crippen MR) is 70.3 cm³/mol. The Labute approximate surface area is 108 Å². The summed E-state index contributed by atoms with van der Waals surface area (Å²) < 4.78 is 5.26. The number of Topliss-reactive ketones (excluding diaryl/α,β-unsaturated/α-hetero) is 1. The standard InChI is InChI=1S/C15H20O3/c1-5-15(12(4)16,14(17)18-11(2)3)13-9-7-6-8-10-13/h6-11H,5H2,1-4H3/t15-/m0/s1. The second-order valence-electron chi connectivity index (χ2n) is 4.64. The van der Waals surface area contributed by atoms with Crippen LogP contribution >= 0.6 is 0 Å². The van der Waals surface area contributed by atoms with Gasteiger partial charge in [-0.2, -0.15) is 0 Å². The molecule has 1 rings (SSSR count). The smallest absolute Gasteiger partial charge is 0.324 e. The average Bonchev–Trinajstić information content (AvgIpc) is 2.30. The highest BCUT2D eigenvalue weighted by Crippen LogP contribution is 2.31. The maximum Gasteiger partial charge on any atom is 0.324 e. The Morgan fingerprint density at radius 3 is 2.17 bits per heavy atom. The molecule has 0 heterocycles. The summed E-state index contributed by atoms with van der Waals surface area (Å²) in [7, 11) is 0. The van der Waals surface area contributed by atoms with Crippen LogP contribution in [0.25, 0.3) is 0 Å². The highest BCUT2D eigenvalue weighted by molar-refractivity contribution is 6.08. The molecule has 0 bridgehead atoms. The van der Waals surface area contributed by atoms with Gasteiger partial charge >= 0.3 is 5.97 Å². The van der Waals surface area contributed by atoms with E-state index in [9.17, 15) is 9.59 Å². The van der Waals surface area contributed by atoms with E-state index < -0.39 is 11.4 Å². The lowest BCUT2D eigenvalue weighted by Crippen LogP contribution is -2.44. The normalized spacial score (nSPS) is 14.1. The number of ketones is 1. The van der Waals surface area contributed by atoms with Crippen LogP contribution in [0.5, 0.6) is 0 Å². The molecular weight excluding hydrogens is 228 g/mol. The molecular formula is C15H20O3. The molecule has 0 radical (unpaired) electrons. The minimum Gasteiger partial charge on any atom is -0.462 e. The van der Waals surface area contributed by atoms with Crippen molar-refractivity contribution in [2.75, 3.05) is 0 Å². The summed E-state index contributed by atoms with van der Waals surface area (Å²) in [4.78, 5) is 24.3. The molecule has 18 heavy (non-hydrogen) atoms. The molecule has 1 aromatic rings. The number of ether oxygens (including phenoxy) is 1. The van der Waals surface area contributed by atoms with E-state index in [4.69, 9.17) is 4.74 Å². The van der Waals surface area contributed by atoms with Crippen LogP contribution in [0, 0.1) is 0 Å². The first-order valence-electron chi connectivity index (χ1n) is 6.22. The van der Waals surface area contributed by atoms with E-state index in [1.807, 2.05) is 25.1 Å². The molecule has 0 saturated carbocycles. The molecule has 0 N–H and O–H groups in total. The van der Waals surface area contributed by atoms with Gasteiger partial charge in [0.05, 0.1) is 6.10 Å². The van der Waals surface area contributed by atoms with Crippen LogP contribution in [0.2, 0.25) is 0 Å². The Morgan fingerprint density at radius 2 is 1.78 bits per heavy atom. The molecule has 3 nitrogen and oxygen atoms in total. The molecule has 3 heteroatoms. The van der Waals surface area contributed by atoms with E-state index >= 15 is 0 Å². The van der Waals surface area contributed by atoms with Crippen molar-refractivity contribution < 1.29 is 14.3 Å². The maximum absolute atomic E-state index is 12.3. The number of rotatable bonds is 5. The largest absolute Gasteiger partial charge is 0.462 e. The van der Waals surface area contributed by atoms with Crippen molar-refractivity contribution in [1.82, 2.24) is 0 Å². The van der Waals surface area contributed by atoms with Gasteiger partial charge in [0, 0.05) is 0 Å². The molecule has 0 aromatic heterocycles. The molecule has 0 amide bonds. The van der Waals surface area contributed by atoms with Gasteiger partial charge in [-0.3, -0.25) is 9.59 Å². The predicted octanol–water partition coefficient (Wildman–Crippen LogP) is 2.88. The minimum atomic E-state index is -1.18. The fourth-order valence-corrected chi connectivity index (χ4v) is 2.10. The average molecular weight is 248 g/mol. The van der Waals surface area contributed by atoms with Crippen LogP contribution < -0.4 is 0 Å². The third kappa shape index (κ3) is 2.61. The minimum absolute atomic E-state index is 0.179. The first-order chi connectivity index (χ1) is 8.45. The number of hydrogen-bond donors (Lipinski definition) is 0. The topological polar surface area (TPSA) is 43.4 Å². The fraction of sp³-hybridized carbons (Fsp3) is 0.467. The Morgan fingerprint density at radius 1 is 1.22 bits per heavy atom. The number of carbonyl (C=O) groups excluding carboxylic acids is 2. The second kappa shape index (κ2) is 5.80. The van der Waals surface area contributed by atoms with E-state index in [0.29, 0.717) is 12.0 Å². The molecule has 98 valence electrons. The quantitative estimate of drug-likeness (QED) is 0.594. The zero-order valence-corrected chi connectivity index (χ0v) is 11.4. The number of benzene rings is 1. The van der Waals surface area contributed by atoms with E-state index in [1.165, 1.54) is 6.92 Å². The lowest BCUT2D eigenvalue weighted by molar-refractivity contribution is -0.157. The van der Waals surface area contributed by atoms with Gasteiger partial charge in [-0.15, -0.1) is 0 Å². The van der Waals surface area contributed by atoms with E-state index in [-0.39, 0.29) is 11.9 Å². The Balaban J connectivity index is 3.27. The Hall–Kier alpha value is -1.64. The number of carbonyl (C=O) groups is 2. The molecule has 0 unspecified atom stereocenters. The number of esters is 1. The van der Waals surface area contributed by atoms with E-state index in [1.54, 1.807) is 26.0 Å². The second-order valence-corrected chi connectivity index (χ2v) is 4.64. The van der Waals surface area contributed by atoms with Gasteiger partial charge in [-0.1, -0.05) is 37.3 Å². The van der Waals surface area contributed by atoms with Gasteiger partial charge in [-0.25, -0.2) is 0 Å². The van der Waals surface area contributed by atoms with Gasteiger partial charge in [0.25, 0.3) is 0 Å². The number of hydrogen-bond acceptors (Lipinski definition) is 3. The van der Waals surface area contributed by atoms with Gasteiger partial charge in [0.15, 0.2) is 11.2 Å². The third-order valence-corrected chi connectivity index (χ3v) is 3.09. The van der Waals surface area contributed by atoms with Crippen LogP contribution in [0.15, 0.2) is 30.3 Å². The van der Waals surface area contributed by atoms with Crippen molar-refractivity contribution in [2.24, 2.45) is 0 Å². The van der Waals surface area contributed by atoms with E-state index in [0.717, 1.165) is 0 Å². The third-order valence-electron chi connectivity index (χ3n) is 3.09. The molecule has 0 fully saturated rings. The zero-order valence-electron chi connectivity index (χ0n) is 11.4. The maximum atomic E-state index is 12.3. The molecule has 0 aliphatic heterocycles. The van der Waals surface area contributed by atoms with Crippen molar-refractivity contribution in [3.8, 4) is 0 Å². The van der Waals surface area contributed by atoms with Gasteiger partial charge in [0.2, 0.25) is 0 Å². The SMILES string of the molecule is CC[C@@](C(C)=O)(C(=O)OC(C)C)c1ccccc1. The van der Waals surface area contributed by atoms with Crippen LogP contribution in [0.4, 0.5) is 0 Å². The molecule has 1 aromatic carbocycles. The summed E-state index contributed by atoms with van der Waals surface area (Å²) >= 11 is 0. The molecule has 0 spiro atoms. The molecule has 0 saturated heterocycles. The lowest BCUT2D eigenvalue weighted by atomic mass is 9.75. The first kappa shape index (κ1) is 14.4. The van der Waals surface area contributed by atoms with Crippen molar-refractivity contribution in [3.63, 3.8) is 0 Å². The van der Waals surface area contributed by atoms with Gasteiger partial charge < -0.3 is 4.74 Å². The highest BCUT2D eigenvalue weighted by Gasteiger charge is 2.45. The van der Waals surface area contributed by atoms with Crippen LogP contribution in [-0.2, 0) is 19.7 Å². The van der Waals surface area contributed by atoms with Crippen LogP contribution in [0.3, 0.4) is 0 Å². The van der Waals surface area contributed by atoms with Crippen LogP contribution in [-0.4, -0.2) is 17.9 Å². The monoisotopic (exact) mass is 248 g/mol. The highest BCUT2D eigenvalue weighted by atomic mass is 16.5. The van der Waals surface area contributed by atoms with E-state index in [2.05, 4.69) is 0 Å². The van der Waals surface area contributed by atoms with Gasteiger partial charge in [0.1, 0.15) is 0 Å². The van der Waals surface area contributed by atoms with Crippen molar-refractivity contribution >= 4 is 11.8 Å². The summed E-state index contributed by atoms with van der Waals surface area (Å²) in [5.41, 5.74) is -0.475. The van der Waals surface area contributed by atoms with Crippen molar-refractivity contribution in [1.29, 1.82) is 0 Å². The first-order valence-corrected chi connectivity index (χ1v) is 6.22. The zero-order chi connectivity index (χ0) is 13.8. The summed E-state index contributed by atoms with van der Waals surface area (Å²) in [6.45, 7) is 6.83. The Kier molecular flexibility index (Phi) is 4.65. The summed E-state index contributed by atoms with van der Waals surface area (Å²) in [5, 5.41) is 0. The van der Waals surface area contributed by atoms with Crippen LogP contribution in [0.1, 0.15) is 39.7 Å². The molecule has 0 aliphatic rings. The van der Waals surface area contributed by atoms with Crippen molar-refractivity contribution in [2.45, 2.75) is 45.6 Å². The molecule has 0 aliphatic carbocycles. The summed E-state index contributed by atoms with van der Waals surface area (Å²) in [6.07, 6.45) is 0.171. The lowest BCUT2D eigenvalue weighted by Gasteiger charge is -2.29. The Bertz CT molecular complexity index is 423. The van der Waals surface area contributed by atoms with Crippen molar-refractivity contribution in [3.05, 3.63) is 35.9 Å². The van der Waals surface area contributed by atoms with Gasteiger partial charge in [-0.05, 0) is 32.8 Å². The fourth-order valence-electron chi connectivity index (χ4n) is 2.10. The summed E-state index contributed by atoms with van der Waals surface area (Å²) in [6, 6.07) is 9.10. The summed E-state index contributed by atoms with van der Waals surface area (Å²) in [5.74, 6) is -0.638. The molecule has 1 atom stereocenters.